The van der Waals surface area contributed by atoms with Gasteiger partial charge in [0, 0.05) is 27.3 Å². The Morgan fingerprint density at radius 2 is 1.93 bits per heavy atom. The second-order valence-corrected chi connectivity index (χ2v) is 7.78. The predicted octanol–water partition coefficient (Wildman–Crippen LogP) is 1.59. The minimum Gasteiger partial charge on any atom is -0.305 e. The van der Waals surface area contributed by atoms with Crippen LogP contribution in [0.1, 0.15) is 27.2 Å². The van der Waals surface area contributed by atoms with Gasteiger partial charge in [0.2, 0.25) is 0 Å². The fourth-order valence-electron chi connectivity index (χ4n) is 1.78. The van der Waals surface area contributed by atoms with Crippen LogP contribution in [0.2, 0.25) is 0 Å². The smallest absolute Gasteiger partial charge is 0.0618 e. The van der Waals surface area contributed by atoms with E-state index in [9.17, 15) is 4.21 Å². The van der Waals surface area contributed by atoms with Gasteiger partial charge in [-0.3, -0.25) is 0 Å². The van der Waals surface area contributed by atoms with Gasteiger partial charge in [-0.2, -0.15) is 0 Å². The first-order chi connectivity index (χ1) is 6.22. The Hall–Kier alpha value is -0.0900. The van der Waals surface area contributed by atoms with Crippen molar-refractivity contribution < 1.29 is 4.21 Å². The summed E-state index contributed by atoms with van der Waals surface area (Å²) in [6, 6.07) is 0.452. The van der Waals surface area contributed by atoms with Crippen molar-refractivity contribution in [3.8, 4) is 0 Å². The molecule has 0 aromatic carbocycles. The third-order valence-corrected chi connectivity index (χ3v) is 5.05. The lowest BCUT2D eigenvalue weighted by Gasteiger charge is -2.18. The van der Waals surface area contributed by atoms with E-state index in [4.69, 9.17) is 0 Å². The average Bonchev–Trinajstić information content (AvgIpc) is 2.27. The molecule has 0 amide bonds. The first kappa shape index (κ1) is 12.0. The van der Waals surface area contributed by atoms with Crippen molar-refractivity contribution in [2.45, 2.75) is 38.8 Å². The fourth-order valence-corrected chi connectivity index (χ4v) is 4.81. The molecule has 0 aromatic rings. The second-order valence-electron chi connectivity index (χ2n) is 5.31. The van der Waals surface area contributed by atoms with Crippen LogP contribution >= 0.6 is 0 Å². The van der Waals surface area contributed by atoms with Crippen LogP contribution in [0.15, 0.2) is 4.36 Å². The van der Waals surface area contributed by atoms with E-state index >= 15 is 0 Å². The molecule has 1 rings (SSSR count). The van der Waals surface area contributed by atoms with Crippen molar-refractivity contribution in [3.05, 3.63) is 0 Å². The molecule has 1 heterocycles. The second kappa shape index (κ2) is 3.81. The molecule has 2 atom stereocenters. The van der Waals surface area contributed by atoms with Gasteiger partial charge in [-0.15, -0.1) is 0 Å². The van der Waals surface area contributed by atoms with Crippen molar-refractivity contribution in [1.29, 1.82) is 0 Å². The molecular weight excluding hydrogens is 196 g/mol. The third-order valence-electron chi connectivity index (χ3n) is 2.39. The quantitative estimate of drug-likeness (QED) is 0.669. The summed E-state index contributed by atoms with van der Waals surface area (Å²) >= 11 is 0. The molecule has 1 fully saturated rings. The van der Waals surface area contributed by atoms with Crippen molar-refractivity contribution >= 4 is 9.73 Å². The molecule has 0 bridgehead atoms. The number of hydrogen-bond donors (Lipinski definition) is 0. The largest absolute Gasteiger partial charge is 0.305 e. The van der Waals surface area contributed by atoms with Crippen LogP contribution in [0.5, 0.6) is 0 Å². The van der Waals surface area contributed by atoms with Gasteiger partial charge < -0.3 is 4.90 Å². The first-order valence-corrected chi connectivity index (χ1v) is 6.97. The Morgan fingerprint density at radius 1 is 1.36 bits per heavy atom. The van der Waals surface area contributed by atoms with Gasteiger partial charge in [0.1, 0.15) is 0 Å². The van der Waals surface area contributed by atoms with E-state index in [1.807, 2.05) is 34.9 Å². The van der Waals surface area contributed by atoms with E-state index in [0.29, 0.717) is 6.04 Å². The van der Waals surface area contributed by atoms with Gasteiger partial charge >= 0.3 is 0 Å². The van der Waals surface area contributed by atoms with E-state index in [0.717, 1.165) is 17.9 Å². The zero-order valence-corrected chi connectivity index (χ0v) is 10.7. The monoisotopic (exact) mass is 218 g/mol. The van der Waals surface area contributed by atoms with Crippen molar-refractivity contribution in [3.63, 3.8) is 0 Å². The topological polar surface area (TPSA) is 32.7 Å². The summed E-state index contributed by atoms with van der Waals surface area (Å²) in [5, 5.41) is 0. The van der Waals surface area contributed by atoms with Crippen LogP contribution < -0.4 is 0 Å². The SMILES string of the molecule is CN(C)[C@H]1CCS(=O)(=NC(C)(C)C)C1. The average molecular weight is 218 g/mol. The lowest BCUT2D eigenvalue weighted by atomic mass is 10.1. The summed E-state index contributed by atoms with van der Waals surface area (Å²) in [5.74, 6) is 1.52. The van der Waals surface area contributed by atoms with Crippen LogP contribution in [0.25, 0.3) is 0 Å². The van der Waals surface area contributed by atoms with Crippen LogP contribution in [0.3, 0.4) is 0 Å². The highest BCUT2D eigenvalue weighted by atomic mass is 32.2. The predicted molar refractivity (Wildman–Crippen MR) is 62.1 cm³/mol. The standard InChI is InChI=1S/C10H22N2OS/c1-10(2,3)11-14(13)7-6-9(8-14)12(4)5/h9H,6-8H2,1-5H3/t9-,14?/m0/s1. The summed E-state index contributed by atoms with van der Waals surface area (Å²) in [6.07, 6.45) is 1.02. The fraction of sp³-hybridized carbons (Fsp3) is 1.00. The summed E-state index contributed by atoms with van der Waals surface area (Å²) in [4.78, 5) is 2.16. The molecule has 14 heavy (non-hydrogen) atoms. The molecule has 1 aliphatic rings. The Balaban J connectivity index is 2.82. The van der Waals surface area contributed by atoms with Crippen LogP contribution in [-0.4, -0.2) is 46.3 Å². The minimum atomic E-state index is -1.92. The molecule has 0 saturated carbocycles. The lowest BCUT2D eigenvalue weighted by molar-refractivity contribution is 0.320. The van der Waals surface area contributed by atoms with Gasteiger partial charge in [-0.25, -0.2) is 8.57 Å². The molecule has 0 spiro atoms. The molecule has 4 heteroatoms. The number of nitrogens with zero attached hydrogens (tertiary/aromatic N) is 2. The summed E-state index contributed by atoms with van der Waals surface area (Å²) in [6.45, 7) is 6.05. The van der Waals surface area contributed by atoms with Gasteiger partial charge in [0.15, 0.2) is 0 Å². The van der Waals surface area contributed by atoms with Gasteiger partial charge in [-0.05, 0) is 41.3 Å². The summed E-state index contributed by atoms with van der Waals surface area (Å²) < 4.78 is 16.8. The Kier molecular flexibility index (Phi) is 3.26. The highest BCUT2D eigenvalue weighted by Gasteiger charge is 2.29. The first-order valence-electron chi connectivity index (χ1n) is 5.12. The zero-order valence-electron chi connectivity index (χ0n) is 9.91. The number of hydrogen-bond acceptors (Lipinski definition) is 3. The Labute approximate surface area is 88.1 Å². The maximum Gasteiger partial charge on any atom is 0.0618 e. The Bertz CT molecular complexity index is 309. The lowest BCUT2D eigenvalue weighted by Crippen LogP contribution is -2.29. The minimum absolute atomic E-state index is 0.168. The van der Waals surface area contributed by atoms with Crippen molar-refractivity contribution in [2.75, 3.05) is 25.6 Å². The van der Waals surface area contributed by atoms with E-state index in [-0.39, 0.29) is 5.54 Å². The maximum atomic E-state index is 12.3. The van der Waals surface area contributed by atoms with Crippen LogP contribution in [0.4, 0.5) is 0 Å². The van der Waals surface area contributed by atoms with Gasteiger partial charge in [0.05, 0.1) is 5.54 Å². The molecule has 84 valence electrons. The molecule has 0 aliphatic carbocycles. The van der Waals surface area contributed by atoms with Gasteiger partial charge in [0.25, 0.3) is 0 Å². The van der Waals surface area contributed by atoms with Crippen molar-refractivity contribution in [2.24, 2.45) is 4.36 Å². The van der Waals surface area contributed by atoms with Crippen LogP contribution in [0, 0.1) is 0 Å². The summed E-state index contributed by atoms with van der Waals surface area (Å²) in [5.41, 5.74) is -0.168. The van der Waals surface area contributed by atoms with E-state index in [1.54, 1.807) is 0 Å². The molecule has 3 nitrogen and oxygen atoms in total. The normalized spacial score (nSPS) is 33.7. The molecule has 0 radical (unpaired) electrons. The van der Waals surface area contributed by atoms with Crippen molar-refractivity contribution in [1.82, 2.24) is 4.90 Å². The molecule has 1 saturated heterocycles. The summed E-state index contributed by atoms with van der Waals surface area (Å²) in [7, 11) is 2.17. The Morgan fingerprint density at radius 3 is 2.29 bits per heavy atom. The maximum absolute atomic E-state index is 12.3. The number of rotatable bonds is 1. The highest BCUT2D eigenvalue weighted by molar-refractivity contribution is 7.93. The highest BCUT2D eigenvalue weighted by Crippen LogP contribution is 2.21. The molecule has 0 N–H and O–H groups in total. The van der Waals surface area contributed by atoms with E-state index in [2.05, 4.69) is 9.26 Å². The van der Waals surface area contributed by atoms with Crippen LogP contribution in [-0.2, 0) is 9.73 Å². The molecular formula is C10H22N2OS. The van der Waals surface area contributed by atoms with Gasteiger partial charge in [-0.1, -0.05) is 0 Å². The molecule has 1 unspecified atom stereocenters. The van der Waals surface area contributed by atoms with E-state index < -0.39 is 9.73 Å². The molecule has 0 aromatic heterocycles. The zero-order chi connectivity index (χ0) is 11.0. The van der Waals surface area contributed by atoms with E-state index in [1.165, 1.54) is 0 Å². The molecule has 1 aliphatic heterocycles. The third kappa shape index (κ3) is 3.24.